The van der Waals surface area contributed by atoms with E-state index in [0.29, 0.717) is 0 Å². The maximum absolute atomic E-state index is 12.6. The third-order valence-corrected chi connectivity index (χ3v) is 3.50. The first-order chi connectivity index (χ1) is 9.91. The summed E-state index contributed by atoms with van der Waals surface area (Å²) in [5.74, 6) is -2.28. The predicted molar refractivity (Wildman–Crippen MR) is 64.9 cm³/mol. The molecule has 1 rings (SSSR count). The summed E-state index contributed by atoms with van der Waals surface area (Å²) in [5, 5.41) is 8.89. The lowest BCUT2D eigenvalue weighted by atomic mass is 9.97. The van der Waals surface area contributed by atoms with Crippen LogP contribution in [0.1, 0.15) is 12.8 Å². The number of hydrogen-bond acceptors (Lipinski definition) is 3. The second-order valence-corrected chi connectivity index (χ2v) is 5.47. The zero-order chi connectivity index (χ0) is 17.1. The second kappa shape index (κ2) is 7.03. The molecule has 1 amide bonds. The van der Waals surface area contributed by atoms with Crippen molar-refractivity contribution in [1.29, 1.82) is 0 Å². The molecule has 0 bridgehead atoms. The average Bonchev–Trinajstić information content (AvgIpc) is 2.36. The van der Waals surface area contributed by atoms with Crippen molar-refractivity contribution in [3.8, 4) is 0 Å². The van der Waals surface area contributed by atoms with Crippen LogP contribution in [0.2, 0.25) is 0 Å². The van der Waals surface area contributed by atoms with Crippen molar-refractivity contribution in [3.63, 3.8) is 0 Å². The van der Waals surface area contributed by atoms with E-state index in [9.17, 15) is 31.1 Å². The normalized spacial score (nSPS) is 22.0. The van der Waals surface area contributed by atoms with Gasteiger partial charge in [0.2, 0.25) is 5.91 Å². The van der Waals surface area contributed by atoms with Gasteiger partial charge in [0.1, 0.15) is 0 Å². The van der Waals surface area contributed by atoms with Gasteiger partial charge in [0.15, 0.2) is 6.10 Å². The van der Waals surface area contributed by atoms with E-state index in [-0.39, 0.29) is 19.4 Å². The molecular weight excluding hydrogens is 318 g/mol. The molecule has 2 unspecified atom stereocenters. The molecule has 130 valence electrons. The molecule has 0 spiro atoms. The largest absolute Gasteiger partial charge is 0.415 e. The molecule has 4 nitrogen and oxygen atoms in total. The summed E-state index contributed by atoms with van der Waals surface area (Å²) in [4.78, 5) is 13.8. The molecule has 1 fully saturated rings. The van der Waals surface area contributed by atoms with E-state index in [0.717, 1.165) is 9.80 Å². The molecule has 0 aliphatic carbocycles. The molecule has 1 aliphatic rings. The highest BCUT2D eigenvalue weighted by Crippen LogP contribution is 2.33. The SMILES string of the molecule is CN(CC(=O)N1CCCC(C(F)(F)F)C1)CC(O)C(F)(F)F. The number of carbonyl (C=O) groups excluding carboxylic acids is 1. The van der Waals surface area contributed by atoms with E-state index >= 15 is 0 Å². The third-order valence-electron chi connectivity index (χ3n) is 3.50. The number of carbonyl (C=O) groups is 1. The van der Waals surface area contributed by atoms with Gasteiger partial charge in [0, 0.05) is 19.6 Å². The van der Waals surface area contributed by atoms with Crippen LogP contribution in [0.25, 0.3) is 0 Å². The van der Waals surface area contributed by atoms with Gasteiger partial charge in [-0.2, -0.15) is 26.3 Å². The monoisotopic (exact) mass is 336 g/mol. The number of aliphatic hydroxyl groups is 1. The summed E-state index contributed by atoms with van der Waals surface area (Å²) in [6, 6.07) is 0. The van der Waals surface area contributed by atoms with Gasteiger partial charge in [0.05, 0.1) is 12.5 Å². The highest BCUT2D eigenvalue weighted by Gasteiger charge is 2.43. The Balaban J connectivity index is 2.51. The Morgan fingerprint density at radius 1 is 1.32 bits per heavy atom. The summed E-state index contributed by atoms with van der Waals surface area (Å²) in [7, 11) is 1.19. The number of halogens is 6. The zero-order valence-electron chi connectivity index (χ0n) is 11.9. The molecule has 22 heavy (non-hydrogen) atoms. The Bertz CT molecular complexity index is 385. The van der Waals surface area contributed by atoms with Crippen LogP contribution in [0, 0.1) is 5.92 Å². The van der Waals surface area contributed by atoms with Gasteiger partial charge < -0.3 is 10.0 Å². The number of likely N-dealkylation sites (tertiary alicyclic amines) is 1. The number of aliphatic hydroxyl groups excluding tert-OH is 1. The van der Waals surface area contributed by atoms with Gasteiger partial charge >= 0.3 is 12.4 Å². The fourth-order valence-electron chi connectivity index (χ4n) is 2.27. The minimum absolute atomic E-state index is 0.0596. The molecule has 2 atom stereocenters. The van der Waals surface area contributed by atoms with Crippen molar-refractivity contribution >= 4 is 5.91 Å². The molecule has 1 aliphatic heterocycles. The van der Waals surface area contributed by atoms with Crippen molar-refractivity contribution < 1.29 is 36.2 Å². The predicted octanol–water partition coefficient (Wildman–Crippen LogP) is 1.64. The van der Waals surface area contributed by atoms with Crippen LogP contribution >= 0.6 is 0 Å². The van der Waals surface area contributed by atoms with E-state index in [1.54, 1.807) is 0 Å². The Kier molecular flexibility index (Phi) is 6.08. The van der Waals surface area contributed by atoms with E-state index in [1.807, 2.05) is 0 Å². The lowest BCUT2D eigenvalue weighted by molar-refractivity contribution is -0.207. The standard InChI is InChI=1S/C12H18F6N2O2/c1-19(6-9(21)12(16,17)18)7-10(22)20-4-2-3-8(5-20)11(13,14)15/h8-9,21H,2-7H2,1H3. The van der Waals surface area contributed by atoms with Crippen LogP contribution in [0.3, 0.4) is 0 Å². The number of hydrogen-bond donors (Lipinski definition) is 1. The molecule has 1 saturated heterocycles. The number of amides is 1. The van der Waals surface area contributed by atoms with Gasteiger partial charge in [-0.25, -0.2) is 0 Å². The first-order valence-corrected chi connectivity index (χ1v) is 6.69. The summed E-state index contributed by atoms with van der Waals surface area (Å²) in [5.41, 5.74) is 0. The molecule has 1 heterocycles. The average molecular weight is 336 g/mol. The van der Waals surface area contributed by atoms with Gasteiger partial charge in [0.25, 0.3) is 0 Å². The van der Waals surface area contributed by atoms with E-state index in [1.165, 1.54) is 7.05 Å². The van der Waals surface area contributed by atoms with Crippen LogP contribution in [-0.2, 0) is 4.79 Å². The van der Waals surface area contributed by atoms with Gasteiger partial charge in [-0.15, -0.1) is 0 Å². The van der Waals surface area contributed by atoms with Crippen LogP contribution < -0.4 is 0 Å². The van der Waals surface area contributed by atoms with Gasteiger partial charge in [-0.1, -0.05) is 0 Å². The van der Waals surface area contributed by atoms with Gasteiger partial charge in [-0.3, -0.25) is 9.69 Å². The summed E-state index contributed by atoms with van der Waals surface area (Å²) < 4.78 is 74.5. The minimum Gasteiger partial charge on any atom is -0.382 e. The Labute approximate surface area is 123 Å². The lowest BCUT2D eigenvalue weighted by Gasteiger charge is -2.34. The fraction of sp³-hybridized carbons (Fsp3) is 0.917. The maximum Gasteiger partial charge on any atom is 0.415 e. The third kappa shape index (κ3) is 5.64. The first-order valence-electron chi connectivity index (χ1n) is 6.69. The van der Waals surface area contributed by atoms with Crippen molar-refractivity contribution in [1.82, 2.24) is 9.80 Å². The number of rotatable bonds is 4. The maximum atomic E-state index is 12.6. The Morgan fingerprint density at radius 2 is 1.91 bits per heavy atom. The quantitative estimate of drug-likeness (QED) is 0.794. The highest BCUT2D eigenvalue weighted by atomic mass is 19.4. The molecular formula is C12H18F6N2O2. The van der Waals surface area contributed by atoms with Crippen LogP contribution in [-0.4, -0.2) is 72.5 Å². The Hall–Kier alpha value is -1.03. The molecule has 0 aromatic carbocycles. The smallest absolute Gasteiger partial charge is 0.382 e. The van der Waals surface area contributed by atoms with Gasteiger partial charge in [-0.05, 0) is 19.9 Å². The van der Waals surface area contributed by atoms with Crippen molar-refractivity contribution in [2.75, 3.05) is 33.2 Å². The number of alkyl halides is 6. The highest BCUT2D eigenvalue weighted by molar-refractivity contribution is 5.78. The molecule has 0 radical (unpaired) electrons. The molecule has 10 heteroatoms. The number of likely N-dealkylation sites (N-methyl/N-ethyl adjacent to an activating group) is 1. The zero-order valence-corrected chi connectivity index (χ0v) is 11.9. The minimum atomic E-state index is -4.80. The van der Waals surface area contributed by atoms with Crippen LogP contribution in [0.4, 0.5) is 26.3 Å². The topological polar surface area (TPSA) is 43.8 Å². The van der Waals surface area contributed by atoms with Crippen molar-refractivity contribution in [2.24, 2.45) is 5.92 Å². The molecule has 0 saturated carbocycles. The summed E-state index contributed by atoms with van der Waals surface area (Å²) in [6.45, 7) is -1.61. The second-order valence-electron chi connectivity index (χ2n) is 5.47. The van der Waals surface area contributed by atoms with Crippen molar-refractivity contribution in [3.05, 3.63) is 0 Å². The van der Waals surface area contributed by atoms with E-state index in [2.05, 4.69) is 0 Å². The number of nitrogens with zero attached hydrogens (tertiary/aromatic N) is 2. The summed E-state index contributed by atoms with van der Waals surface area (Å²) in [6.07, 6.45) is -11.7. The Morgan fingerprint density at radius 3 is 2.41 bits per heavy atom. The number of piperidine rings is 1. The lowest BCUT2D eigenvalue weighted by Crippen LogP contribution is -2.49. The van der Waals surface area contributed by atoms with E-state index in [4.69, 9.17) is 5.11 Å². The fourth-order valence-corrected chi connectivity index (χ4v) is 2.27. The molecule has 0 aromatic heterocycles. The summed E-state index contributed by atoms with van der Waals surface area (Å²) >= 11 is 0. The molecule has 0 aromatic rings. The van der Waals surface area contributed by atoms with Crippen LogP contribution in [0.5, 0.6) is 0 Å². The van der Waals surface area contributed by atoms with Crippen molar-refractivity contribution in [2.45, 2.75) is 31.3 Å². The first kappa shape index (κ1) is 19.0. The van der Waals surface area contributed by atoms with E-state index < -0.39 is 49.9 Å². The molecule has 1 N–H and O–H groups in total. The van der Waals surface area contributed by atoms with Crippen LogP contribution in [0.15, 0.2) is 0 Å².